The average molecular weight is 195 g/mol. The molecule has 3 heteroatoms. The van der Waals surface area contributed by atoms with Crippen molar-refractivity contribution < 1.29 is 9.47 Å². The van der Waals surface area contributed by atoms with Crippen LogP contribution in [0.4, 0.5) is 5.69 Å². The van der Waals surface area contributed by atoms with Crippen LogP contribution in [0.15, 0.2) is 18.2 Å². The molecule has 2 N–H and O–H groups in total. The van der Waals surface area contributed by atoms with Gasteiger partial charge in [-0.1, -0.05) is 6.07 Å². The number of anilines is 1. The van der Waals surface area contributed by atoms with Crippen molar-refractivity contribution in [1.82, 2.24) is 0 Å². The molecule has 0 amide bonds. The maximum atomic E-state index is 5.75. The van der Waals surface area contributed by atoms with E-state index in [4.69, 9.17) is 15.2 Å². The first-order valence-corrected chi connectivity index (χ1v) is 4.72. The van der Waals surface area contributed by atoms with Crippen LogP contribution in [0.2, 0.25) is 0 Å². The van der Waals surface area contributed by atoms with Crippen molar-refractivity contribution in [2.45, 2.75) is 13.3 Å². The molecule has 0 unspecified atom stereocenters. The number of hydrogen-bond donors (Lipinski definition) is 1. The summed E-state index contributed by atoms with van der Waals surface area (Å²) >= 11 is 0. The summed E-state index contributed by atoms with van der Waals surface area (Å²) in [7, 11) is 1.68. The van der Waals surface area contributed by atoms with E-state index in [1.807, 2.05) is 25.1 Å². The molecule has 1 aromatic carbocycles. The van der Waals surface area contributed by atoms with Crippen molar-refractivity contribution >= 4 is 5.69 Å². The SMILES string of the molecule is COCCCOc1cc(C)ccc1N. The summed E-state index contributed by atoms with van der Waals surface area (Å²) in [6.07, 6.45) is 0.879. The molecule has 1 rings (SSSR count). The van der Waals surface area contributed by atoms with Gasteiger partial charge in [-0.3, -0.25) is 0 Å². The normalized spacial score (nSPS) is 10.1. The second-order valence-electron chi connectivity index (χ2n) is 3.24. The Morgan fingerprint density at radius 3 is 2.79 bits per heavy atom. The van der Waals surface area contributed by atoms with Crippen LogP contribution in [0.1, 0.15) is 12.0 Å². The molecule has 3 nitrogen and oxygen atoms in total. The first-order valence-electron chi connectivity index (χ1n) is 4.72. The van der Waals surface area contributed by atoms with Crippen LogP contribution in [0.3, 0.4) is 0 Å². The van der Waals surface area contributed by atoms with Crippen LogP contribution in [0.25, 0.3) is 0 Å². The summed E-state index contributed by atoms with van der Waals surface area (Å²) < 4.78 is 10.4. The largest absolute Gasteiger partial charge is 0.491 e. The summed E-state index contributed by atoms with van der Waals surface area (Å²) in [6.45, 7) is 3.37. The van der Waals surface area contributed by atoms with E-state index < -0.39 is 0 Å². The minimum Gasteiger partial charge on any atom is -0.491 e. The van der Waals surface area contributed by atoms with Gasteiger partial charge in [0, 0.05) is 20.1 Å². The average Bonchev–Trinajstić information content (AvgIpc) is 2.18. The van der Waals surface area contributed by atoms with Crippen molar-refractivity contribution in [2.75, 3.05) is 26.1 Å². The number of nitrogens with two attached hydrogens (primary N) is 1. The minimum atomic E-state index is 0.640. The van der Waals surface area contributed by atoms with Gasteiger partial charge in [0.2, 0.25) is 0 Å². The molecule has 0 atom stereocenters. The van der Waals surface area contributed by atoms with E-state index in [2.05, 4.69) is 0 Å². The molecule has 0 saturated carbocycles. The first kappa shape index (κ1) is 10.9. The Morgan fingerprint density at radius 1 is 1.29 bits per heavy atom. The van der Waals surface area contributed by atoms with E-state index in [1.165, 1.54) is 0 Å². The summed E-state index contributed by atoms with van der Waals surface area (Å²) in [5.74, 6) is 0.765. The topological polar surface area (TPSA) is 44.5 Å². The highest BCUT2D eigenvalue weighted by Gasteiger charge is 1.99. The second kappa shape index (κ2) is 5.50. The Bertz CT molecular complexity index is 287. The van der Waals surface area contributed by atoms with E-state index in [0.717, 1.165) is 17.7 Å². The summed E-state index contributed by atoms with van der Waals surface area (Å²) in [5.41, 5.74) is 7.59. The first-order chi connectivity index (χ1) is 6.74. The van der Waals surface area contributed by atoms with Crippen LogP contribution in [-0.4, -0.2) is 20.3 Å². The molecule has 1 aromatic rings. The van der Waals surface area contributed by atoms with E-state index >= 15 is 0 Å². The quantitative estimate of drug-likeness (QED) is 0.577. The van der Waals surface area contributed by atoms with E-state index in [0.29, 0.717) is 18.9 Å². The molecule has 78 valence electrons. The predicted molar refractivity (Wildman–Crippen MR) is 57.6 cm³/mol. The lowest BCUT2D eigenvalue weighted by Gasteiger charge is -2.09. The monoisotopic (exact) mass is 195 g/mol. The fraction of sp³-hybridized carbons (Fsp3) is 0.455. The van der Waals surface area contributed by atoms with Crippen LogP contribution in [0.5, 0.6) is 5.75 Å². The maximum Gasteiger partial charge on any atom is 0.142 e. The highest BCUT2D eigenvalue weighted by atomic mass is 16.5. The zero-order valence-electron chi connectivity index (χ0n) is 8.75. The Kier molecular flexibility index (Phi) is 4.26. The molecule has 0 heterocycles. The number of aryl methyl sites for hydroxylation is 1. The van der Waals surface area contributed by atoms with E-state index in [1.54, 1.807) is 7.11 Å². The molecule has 0 aliphatic rings. The van der Waals surface area contributed by atoms with E-state index in [9.17, 15) is 0 Å². The highest BCUT2D eigenvalue weighted by molar-refractivity contribution is 5.53. The van der Waals surface area contributed by atoms with Gasteiger partial charge in [0.15, 0.2) is 0 Å². The van der Waals surface area contributed by atoms with Crippen molar-refractivity contribution in [3.05, 3.63) is 23.8 Å². The molecular weight excluding hydrogens is 178 g/mol. The van der Waals surface area contributed by atoms with Gasteiger partial charge in [0.25, 0.3) is 0 Å². The highest BCUT2D eigenvalue weighted by Crippen LogP contribution is 2.22. The number of ether oxygens (including phenoxy) is 2. The fourth-order valence-electron chi connectivity index (χ4n) is 1.15. The summed E-state index contributed by atoms with van der Waals surface area (Å²) in [4.78, 5) is 0. The molecule has 0 radical (unpaired) electrons. The van der Waals surface area contributed by atoms with Gasteiger partial charge in [-0.2, -0.15) is 0 Å². The summed E-state index contributed by atoms with van der Waals surface area (Å²) in [5, 5.41) is 0. The van der Waals surface area contributed by atoms with Gasteiger partial charge in [0.05, 0.1) is 12.3 Å². The van der Waals surface area contributed by atoms with Gasteiger partial charge in [-0.25, -0.2) is 0 Å². The van der Waals surface area contributed by atoms with Crippen LogP contribution < -0.4 is 10.5 Å². The van der Waals surface area contributed by atoms with Gasteiger partial charge in [-0.15, -0.1) is 0 Å². The third kappa shape index (κ3) is 3.26. The molecular formula is C11H17NO2. The molecule has 0 saturated heterocycles. The van der Waals surface area contributed by atoms with Crippen LogP contribution in [0, 0.1) is 6.92 Å². The number of nitrogen functional groups attached to an aromatic ring is 1. The Hall–Kier alpha value is -1.22. The lowest BCUT2D eigenvalue weighted by atomic mass is 10.2. The molecule has 14 heavy (non-hydrogen) atoms. The van der Waals surface area contributed by atoms with Gasteiger partial charge < -0.3 is 15.2 Å². The molecule has 0 aromatic heterocycles. The van der Waals surface area contributed by atoms with Crippen molar-refractivity contribution in [3.8, 4) is 5.75 Å². The van der Waals surface area contributed by atoms with Crippen molar-refractivity contribution in [1.29, 1.82) is 0 Å². The molecule has 0 aliphatic heterocycles. The second-order valence-corrected chi connectivity index (χ2v) is 3.24. The fourth-order valence-corrected chi connectivity index (χ4v) is 1.15. The smallest absolute Gasteiger partial charge is 0.142 e. The Labute approximate surface area is 84.8 Å². The lowest BCUT2D eigenvalue weighted by molar-refractivity contribution is 0.172. The third-order valence-electron chi connectivity index (χ3n) is 1.92. The number of rotatable bonds is 5. The molecule has 0 spiro atoms. The number of methoxy groups -OCH3 is 1. The van der Waals surface area contributed by atoms with Gasteiger partial charge >= 0.3 is 0 Å². The number of hydrogen-bond acceptors (Lipinski definition) is 3. The minimum absolute atomic E-state index is 0.640. The molecule has 0 aliphatic carbocycles. The summed E-state index contributed by atoms with van der Waals surface area (Å²) in [6, 6.07) is 5.78. The lowest BCUT2D eigenvalue weighted by Crippen LogP contribution is -2.03. The maximum absolute atomic E-state index is 5.75. The zero-order chi connectivity index (χ0) is 10.4. The Balaban J connectivity index is 2.45. The van der Waals surface area contributed by atoms with Crippen LogP contribution >= 0.6 is 0 Å². The Morgan fingerprint density at radius 2 is 2.07 bits per heavy atom. The number of benzene rings is 1. The predicted octanol–water partition coefficient (Wildman–Crippen LogP) is 1.99. The van der Waals surface area contributed by atoms with Gasteiger partial charge in [0.1, 0.15) is 5.75 Å². The van der Waals surface area contributed by atoms with Crippen LogP contribution in [-0.2, 0) is 4.74 Å². The van der Waals surface area contributed by atoms with Crippen molar-refractivity contribution in [2.24, 2.45) is 0 Å². The third-order valence-corrected chi connectivity index (χ3v) is 1.92. The molecule has 0 fully saturated rings. The van der Waals surface area contributed by atoms with Gasteiger partial charge in [-0.05, 0) is 24.6 Å². The van der Waals surface area contributed by atoms with E-state index in [-0.39, 0.29) is 0 Å². The zero-order valence-corrected chi connectivity index (χ0v) is 8.75. The van der Waals surface area contributed by atoms with Crippen molar-refractivity contribution in [3.63, 3.8) is 0 Å². The standard InChI is InChI=1S/C11H17NO2/c1-9-4-5-10(12)11(8-9)14-7-3-6-13-2/h4-5,8H,3,6-7,12H2,1-2H3. The molecule has 0 bridgehead atoms.